The molecular formula is C67H128N4O14S2. The van der Waals surface area contributed by atoms with Crippen LogP contribution in [0.1, 0.15) is 241 Å². The molecule has 1 saturated heterocycles. The maximum atomic E-state index is 12.9. The van der Waals surface area contributed by atoms with E-state index in [0.717, 1.165) is 173 Å². The van der Waals surface area contributed by atoms with Crippen molar-refractivity contribution in [1.29, 1.82) is 0 Å². The van der Waals surface area contributed by atoms with Crippen LogP contribution in [0.2, 0.25) is 0 Å². The zero-order valence-electron chi connectivity index (χ0n) is 55.8. The Labute approximate surface area is 536 Å². The summed E-state index contributed by atoms with van der Waals surface area (Å²) >= 11 is 0. The highest BCUT2D eigenvalue weighted by molar-refractivity contribution is 8.76. The summed E-state index contributed by atoms with van der Waals surface area (Å²) in [6.45, 7) is 23.3. The second-order valence-corrected chi connectivity index (χ2v) is 27.1. The molecule has 1 aliphatic heterocycles. The molecule has 1 rings (SSSR count). The Bertz CT molecular complexity index is 1580. The fourth-order valence-corrected chi connectivity index (χ4v) is 12.6. The van der Waals surface area contributed by atoms with Crippen molar-refractivity contribution in [2.75, 3.05) is 123 Å². The Morgan fingerprint density at radius 1 is 0.379 bits per heavy atom. The number of unbranched alkanes of at least 4 members (excludes halogenated alkanes) is 10. The minimum absolute atomic E-state index is 0.133. The van der Waals surface area contributed by atoms with Crippen LogP contribution >= 0.6 is 21.6 Å². The lowest BCUT2D eigenvalue weighted by molar-refractivity contribution is -0.146. The third-order valence-electron chi connectivity index (χ3n) is 16.6. The molecule has 0 bridgehead atoms. The molecular weight excluding hydrogens is 1150 g/mol. The van der Waals surface area contributed by atoms with Crippen LogP contribution in [0.3, 0.4) is 0 Å². The fourth-order valence-electron chi connectivity index (χ4n) is 10.5. The number of esters is 5. The molecule has 0 aromatic rings. The number of hydrogen-bond acceptors (Lipinski definition) is 20. The van der Waals surface area contributed by atoms with Crippen LogP contribution in [-0.2, 0) is 47.7 Å². The minimum atomic E-state index is -0.572. The van der Waals surface area contributed by atoms with E-state index in [1.54, 1.807) is 0 Å². The number of ether oxygens (including phenoxy) is 5. The summed E-state index contributed by atoms with van der Waals surface area (Å²) in [5.41, 5.74) is 0. The Kier molecular flexibility index (Phi) is 54.8. The second-order valence-electron chi connectivity index (χ2n) is 24.4. The van der Waals surface area contributed by atoms with Crippen LogP contribution < -0.4 is 0 Å². The van der Waals surface area contributed by atoms with E-state index in [1.165, 1.54) is 0 Å². The highest BCUT2D eigenvalue weighted by atomic mass is 33.1. The van der Waals surface area contributed by atoms with Crippen molar-refractivity contribution in [2.45, 2.75) is 265 Å². The molecule has 1 heterocycles. The first-order chi connectivity index (χ1) is 42.1. The maximum Gasteiger partial charge on any atom is 0.305 e. The number of carbonyl (C=O) groups excluding carboxylic acids is 5. The zero-order valence-corrected chi connectivity index (χ0v) is 57.4. The van der Waals surface area contributed by atoms with Gasteiger partial charge < -0.3 is 44.1 Å². The Morgan fingerprint density at radius 3 is 1.10 bits per heavy atom. The molecule has 512 valence electrons. The van der Waals surface area contributed by atoms with Crippen molar-refractivity contribution in [2.24, 2.45) is 11.8 Å². The molecule has 0 aromatic carbocycles. The van der Waals surface area contributed by atoms with Crippen LogP contribution in [0.25, 0.3) is 0 Å². The number of aliphatic hydroxyl groups excluding tert-OH is 4. The lowest BCUT2D eigenvalue weighted by atomic mass is 10.1. The molecule has 4 unspecified atom stereocenters. The van der Waals surface area contributed by atoms with E-state index in [4.69, 9.17) is 23.7 Å². The monoisotopic (exact) mass is 1280 g/mol. The molecule has 1 aliphatic rings. The molecule has 4 N–H and O–H groups in total. The Hall–Kier alpha value is -2.27. The molecule has 87 heavy (non-hydrogen) atoms. The third kappa shape index (κ3) is 50.0. The van der Waals surface area contributed by atoms with Gasteiger partial charge in [0.15, 0.2) is 0 Å². The van der Waals surface area contributed by atoms with Crippen molar-refractivity contribution in [1.82, 2.24) is 19.6 Å². The van der Waals surface area contributed by atoms with E-state index in [0.29, 0.717) is 155 Å². The fraction of sp³-hybridized carbons (Fsp3) is 0.925. The van der Waals surface area contributed by atoms with Gasteiger partial charge in [0.25, 0.3) is 0 Å². The van der Waals surface area contributed by atoms with E-state index < -0.39 is 24.4 Å². The van der Waals surface area contributed by atoms with Gasteiger partial charge in [-0.2, -0.15) is 0 Å². The average Bonchev–Trinajstić information content (AvgIpc) is 3.52. The molecule has 0 saturated carbocycles. The van der Waals surface area contributed by atoms with Crippen LogP contribution in [0.4, 0.5) is 0 Å². The van der Waals surface area contributed by atoms with Crippen molar-refractivity contribution in [3.05, 3.63) is 0 Å². The number of hydrogen-bond donors (Lipinski definition) is 4. The second kappa shape index (κ2) is 57.6. The van der Waals surface area contributed by atoms with Gasteiger partial charge in [0.2, 0.25) is 0 Å². The molecule has 0 spiro atoms. The van der Waals surface area contributed by atoms with Crippen LogP contribution in [0, 0.1) is 11.8 Å². The number of nitrogens with zero attached hydrogens (tertiary/aromatic N) is 4. The largest absolute Gasteiger partial charge is 0.466 e. The van der Waals surface area contributed by atoms with E-state index in [9.17, 15) is 44.4 Å². The predicted octanol–water partition coefficient (Wildman–Crippen LogP) is 11.2. The van der Waals surface area contributed by atoms with E-state index in [-0.39, 0.29) is 36.3 Å². The average molecular weight is 1280 g/mol. The molecule has 1 fully saturated rings. The van der Waals surface area contributed by atoms with Crippen molar-refractivity contribution in [3.8, 4) is 0 Å². The molecule has 4 atom stereocenters. The zero-order chi connectivity index (χ0) is 64.0. The van der Waals surface area contributed by atoms with Gasteiger partial charge in [0, 0.05) is 109 Å². The highest BCUT2D eigenvalue weighted by Crippen LogP contribution is 2.23. The number of aliphatic hydroxyl groups is 4. The summed E-state index contributed by atoms with van der Waals surface area (Å²) in [5.74, 6) is 1.94. The minimum Gasteiger partial charge on any atom is -0.466 e. The van der Waals surface area contributed by atoms with Gasteiger partial charge in [-0.05, 0) is 102 Å². The van der Waals surface area contributed by atoms with Crippen molar-refractivity contribution >= 4 is 51.4 Å². The molecule has 0 aliphatic carbocycles. The Balaban J connectivity index is 2.49. The smallest absolute Gasteiger partial charge is 0.305 e. The van der Waals surface area contributed by atoms with Crippen LogP contribution in [0.5, 0.6) is 0 Å². The molecule has 0 aromatic heterocycles. The van der Waals surface area contributed by atoms with E-state index in [2.05, 4.69) is 61.1 Å². The molecule has 20 heteroatoms. The summed E-state index contributed by atoms with van der Waals surface area (Å²) in [6.07, 6.45) is 20.8. The summed E-state index contributed by atoms with van der Waals surface area (Å²) in [5, 5.41) is 44.1. The first kappa shape index (κ1) is 82.7. The normalized spacial score (nSPS) is 14.6. The standard InChI is InChI=1S/C67H128N4O14S2/c1-7-13-46-81-63(76)35-25-23-31-61(74)53-71(54-62(75)32-24-26-36-64(77)82-47-14-8-2)39-28-49-86-87-50-45-69-42-40-68(41-43-69)44-48-83-65(78)37-27-38-70(51-59(72)29-19-15-17-21-33-66(79)84-55-57(9-3)10-4)52-60(73)30-20-16-18-22-34-67(80)85-56-58(11-5)12-6/h57-62,72-75H,7-56H2,1-6H3. The van der Waals surface area contributed by atoms with Gasteiger partial charge >= 0.3 is 29.8 Å². The lowest BCUT2D eigenvalue weighted by Gasteiger charge is -2.34. The molecule has 18 nitrogen and oxygen atoms in total. The summed E-state index contributed by atoms with van der Waals surface area (Å²) < 4.78 is 27.2. The SMILES string of the molecule is CCCCOC(=O)CCCCC(O)CN(CCCSSCCN1CCN(CCOC(=O)CCCN(CC(O)CCCCCCC(=O)OCC(CC)CC)CC(O)CCCCCCC(=O)OCC(CC)CC)CC1)CC(O)CCCCC(=O)OCCCC. The maximum absolute atomic E-state index is 12.9. The van der Waals surface area contributed by atoms with E-state index in [1.807, 2.05) is 21.6 Å². The van der Waals surface area contributed by atoms with Gasteiger partial charge in [-0.15, -0.1) is 0 Å². The number of piperazine rings is 1. The van der Waals surface area contributed by atoms with Crippen LogP contribution in [-0.4, -0.2) is 217 Å². The van der Waals surface area contributed by atoms with Crippen molar-refractivity contribution < 1.29 is 68.1 Å². The number of carbonyl (C=O) groups is 5. The van der Waals surface area contributed by atoms with Gasteiger partial charge in [-0.1, -0.05) is 153 Å². The van der Waals surface area contributed by atoms with Crippen LogP contribution in [0.15, 0.2) is 0 Å². The van der Waals surface area contributed by atoms with Gasteiger partial charge in [0.05, 0.1) is 50.8 Å². The van der Waals surface area contributed by atoms with Gasteiger partial charge in [-0.25, -0.2) is 0 Å². The predicted molar refractivity (Wildman–Crippen MR) is 354 cm³/mol. The summed E-state index contributed by atoms with van der Waals surface area (Å²) in [7, 11) is 3.74. The Morgan fingerprint density at radius 2 is 0.701 bits per heavy atom. The quantitative estimate of drug-likeness (QED) is 0.0192. The van der Waals surface area contributed by atoms with E-state index >= 15 is 0 Å². The first-order valence-corrected chi connectivity index (χ1v) is 37.3. The van der Waals surface area contributed by atoms with Gasteiger partial charge in [-0.3, -0.25) is 43.6 Å². The first-order valence-electron chi connectivity index (χ1n) is 34.8. The summed E-state index contributed by atoms with van der Waals surface area (Å²) in [6, 6.07) is 0. The topological polar surface area (TPSA) is 225 Å². The molecule has 0 radical (unpaired) electrons. The van der Waals surface area contributed by atoms with Crippen molar-refractivity contribution in [3.63, 3.8) is 0 Å². The lowest BCUT2D eigenvalue weighted by Crippen LogP contribution is -2.47. The van der Waals surface area contributed by atoms with Gasteiger partial charge in [0.1, 0.15) is 6.61 Å². The highest BCUT2D eigenvalue weighted by Gasteiger charge is 2.21. The molecule has 0 amide bonds. The summed E-state index contributed by atoms with van der Waals surface area (Å²) in [4.78, 5) is 70.4. The number of rotatable bonds is 61. The third-order valence-corrected chi connectivity index (χ3v) is 19.1.